The van der Waals surface area contributed by atoms with Crippen molar-refractivity contribution in [1.29, 1.82) is 0 Å². The van der Waals surface area contributed by atoms with Gasteiger partial charge in [0.25, 0.3) is 5.91 Å². The summed E-state index contributed by atoms with van der Waals surface area (Å²) in [5, 5.41) is 6.45. The molecule has 1 saturated heterocycles. The highest BCUT2D eigenvalue weighted by Crippen LogP contribution is 2.37. The Hall–Kier alpha value is -5.36. The highest BCUT2D eigenvalue weighted by Gasteiger charge is 2.26. The summed E-state index contributed by atoms with van der Waals surface area (Å²) in [5.41, 5.74) is 3.58. The number of hydrogen-bond donors (Lipinski definition) is 2. The molecule has 45 heavy (non-hydrogen) atoms. The van der Waals surface area contributed by atoms with E-state index in [4.69, 9.17) is 9.47 Å². The summed E-state index contributed by atoms with van der Waals surface area (Å²) < 4.78 is 10.9. The maximum absolute atomic E-state index is 13.1. The predicted molar refractivity (Wildman–Crippen MR) is 173 cm³/mol. The van der Waals surface area contributed by atoms with E-state index in [9.17, 15) is 9.59 Å². The highest BCUT2D eigenvalue weighted by atomic mass is 32.1. The van der Waals surface area contributed by atoms with Crippen LogP contribution in [0.2, 0.25) is 0 Å². The zero-order chi connectivity index (χ0) is 30.9. The lowest BCUT2D eigenvalue weighted by Crippen LogP contribution is -2.33. The third-order valence-corrected chi connectivity index (χ3v) is 9.04. The number of nitrogens with zero attached hydrogens (tertiary/aromatic N) is 5. The Kier molecular flexibility index (Phi) is 7.55. The number of hydrogen-bond acceptors (Lipinski definition) is 10. The molecule has 3 aromatic heterocycles. The number of carbonyl (C=O) groups is 2. The van der Waals surface area contributed by atoms with Crippen LogP contribution in [0.5, 0.6) is 11.5 Å². The van der Waals surface area contributed by atoms with E-state index in [1.165, 1.54) is 11.3 Å². The van der Waals surface area contributed by atoms with Gasteiger partial charge in [-0.2, -0.15) is 0 Å². The summed E-state index contributed by atoms with van der Waals surface area (Å²) in [4.78, 5) is 49.5. The van der Waals surface area contributed by atoms with Crippen LogP contribution in [0.25, 0.3) is 21.9 Å². The Morgan fingerprint density at radius 1 is 0.911 bits per heavy atom. The number of benzene rings is 3. The maximum atomic E-state index is 13.1. The van der Waals surface area contributed by atoms with Gasteiger partial charge in [0.2, 0.25) is 5.95 Å². The molecule has 2 N–H and O–H groups in total. The number of ether oxygens (including phenoxy) is 2. The molecule has 0 radical (unpaired) electrons. The second kappa shape index (κ2) is 12.0. The second-order valence-electron chi connectivity index (χ2n) is 10.7. The minimum absolute atomic E-state index is 0.0850. The number of H-pyrrole nitrogens is 1. The van der Waals surface area contributed by atoms with Crippen molar-refractivity contribution in [3.05, 3.63) is 94.2 Å². The summed E-state index contributed by atoms with van der Waals surface area (Å²) in [6.45, 7) is 1.58. The van der Waals surface area contributed by atoms with Gasteiger partial charge in [-0.1, -0.05) is 30.3 Å². The average molecular weight is 620 g/mol. The van der Waals surface area contributed by atoms with E-state index in [2.05, 4.69) is 35.1 Å². The summed E-state index contributed by atoms with van der Waals surface area (Å²) in [6.07, 6.45) is 3.33. The molecule has 0 saturated carbocycles. The van der Waals surface area contributed by atoms with Crippen molar-refractivity contribution in [3.63, 3.8) is 0 Å². The molecule has 0 atom stereocenters. The average Bonchev–Trinajstić information content (AvgIpc) is 3.74. The molecule has 0 spiro atoms. The van der Waals surface area contributed by atoms with Crippen LogP contribution in [0.3, 0.4) is 0 Å². The van der Waals surface area contributed by atoms with Gasteiger partial charge in [0.15, 0.2) is 17.3 Å². The van der Waals surface area contributed by atoms with Crippen molar-refractivity contribution in [2.45, 2.75) is 18.8 Å². The number of fused-ring (bicyclic) bond motifs is 2. The van der Waals surface area contributed by atoms with Crippen LogP contribution in [0.4, 0.5) is 11.8 Å². The van der Waals surface area contributed by atoms with E-state index < -0.39 is 0 Å². The zero-order valence-electron chi connectivity index (χ0n) is 24.6. The Morgan fingerprint density at radius 2 is 1.69 bits per heavy atom. The number of anilines is 2. The highest BCUT2D eigenvalue weighted by molar-refractivity contribution is 7.10. The molecule has 0 bridgehead atoms. The van der Waals surface area contributed by atoms with Gasteiger partial charge in [0.05, 0.1) is 35.8 Å². The van der Waals surface area contributed by atoms with E-state index in [-0.39, 0.29) is 17.6 Å². The molecule has 226 valence electrons. The molecule has 11 nitrogen and oxygen atoms in total. The first-order chi connectivity index (χ1) is 22.0. The van der Waals surface area contributed by atoms with Crippen LogP contribution < -0.4 is 19.7 Å². The Bertz CT molecular complexity index is 2030. The largest absolute Gasteiger partial charge is 0.493 e. The van der Waals surface area contributed by atoms with Crippen LogP contribution in [-0.2, 0) is 0 Å². The fourth-order valence-corrected chi connectivity index (χ4v) is 6.64. The molecule has 7 rings (SSSR count). The van der Waals surface area contributed by atoms with E-state index in [1.807, 2.05) is 30.3 Å². The van der Waals surface area contributed by atoms with Gasteiger partial charge in [0, 0.05) is 47.0 Å². The first-order valence-corrected chi connectivity index (χ1v) is 15.4. The molecule has 3 aromatic carbocycles. The molecule has 6 aromatic rings. The molecule has 1 aliphatic rings. The van der Waals surface area contributed by atoms with Crippen LogP contribution >= 0.6 is 11.3 Å². The molecule has 1 aliphatic heterocycles. The molecule has 12 heteroatoms. The predicted octanol–water partition coefficient (Wildman–Crippen LogP) is 5.85. The van der Waals surface area contributed by atoms with Gasteiger partial charge in [-0.05, 0) is 37.1 Å². The lowest BCUT2D eigenvalue weighted by Gasteiger charge is -2.32. The molecule has 1 amide bonds. The molecule has 4 heterocycles. The first kappa shape index (κ1) is 28.4. The number of imidazole rings is 1. The van der Waals surface area contributed by atoms with Crippen molar-refractivity contribution in [1.82, 2.24) is 24.9 Å². The summed E-state index contributed by atoms with van der Waals surface area (Å²) in [6, 6.07) is 18.2. The maximum Gasteiger partial charge on any atom is 0.277 e. The molecule has 1 fully saturated rings. The number of amides is 1. The number of aromatic nitrogens is 5. The monoisotopic (exact) mass is 619 g/mol. The van der Waals surface area contributed by atoms with Crippen molar-refractivity contribution in [3.8, 4) is 11.5 Å². The third-order valence-electron chi connectivity index (χ3n) is 8.03. The minimum atomic E-state index is -0.341. The number of ketones is 1. The fraction of sp³-hybridized carbons (Fsp3) is 0.212. The first-order valence-electron chi connectivity index (χ1n) is 14.5. The molecular formula is C33H29N7O4S. The van der Waals surface area contributed by atoms with Crippen molar-refractivity contribution in [2.24, 2.45) is 0 Å². The number of nitrogens with one attached hydrogen (secondary N) is 2. The Labute approximate surface area is 262 Å². The number of aromatic amines is 1. The normalized spacial score (nSPS) is 13.7. The number of methoxy groups -OCH3 is 2. The fourth-order valence-electron chi connectivity index (χ4n) is 5.67. The lowest BCUT2D eigenvalue weighted by atomic mass is 9.97. The van der Waals surface area contributed by atoms with E-state index in [1.54, 1.807) is 56.3 Å². The van der Waals surface area contributed by atoms with Gasteiger partial charge in [0.1, 0.15) is 17.8 Å². The standard InChI is InChI=1S/C33H29N7O4S/c1-43-27-15-22-24(16-28(27)44-2)34-18-35-30(22)40-12-10-20(11-13-40)32-36-26(17-45-32)31(42)39-33-37-23-9-8-21(14-25(23)38-33)29(41)19-6-4-3-5-7-19/h3-9,14-18,20H,10-13H2,1-2H3,(H2,37,38,39,42). The topological polar surface area (TPSA) is 135 Å². The molecule has 0 aliphatic carbocycles. The quantitative estimate of drug-likeness (QED) is 0.201. The van der Waals surface area contributed by atoms with Gasteiger partial charge >= 0.3 is 0 Å². The van der Waals surface area contributed by atoms with Crippen molar-refractivity contribution in [2.75, 3.05) is 37.5 Å². The van der Waals surface area contributed by atoms with Gasteiger partial charge < -0.3 is 19.4 Å². The summed E-state index contributed by atoms with van der Waals surface area (Å²) in [7, 11) is 3.22. The number of carbonyl (C=O) groups excluding carboxylic acids is 2. The smallest absolute Gasteiger partial charge is 0.277 e. The number of thiazole rings is 1. The summed E-state index contributed by atoms with van der Waals surface area (Å²) >= 11 is 1.50. The summed E-state index contributed by atoms with van der Waals surface area (Å²) in [5.74, 6) is 2.23. The van der Waals surface area contributed by atoms with E-state index >= 15 is 0 Å². The molecular weight excluding hydrogens is 590 g/mol. The number of rotatable bonds is 8. The van der Waals surface area contributed by atoms with Crippen LogP contribution in [0, 0.1) is 0 Å². The van der Waals surface area contributed by atoms with E-state index in [0.717, 1.165) is 53.2 Å². The Morgan fingerprint density at radius 3 is 2.47 bits per heavy atom. The zero-order valence-corrected chi connectivity index (χ0v) is 25.4. The SMILES string of the molecule is COc1cc2ncnc(N3CCC(c4nc(C(=O)Nc5nc6cc(C(=O)c7ccccc7)ccc6[nH]5)cs4)CC3)c2cc1OC. The lowest BCUT2D eigenvalue weighted by molar-refractivity contribution is 0.101. The van der Waals surface area contributed by atoms with Crippen LogP contribution in [0.1, 0.15) is 50.2 Å². The van der Waals surface area contributed by atoms with E-state index in [0.29, 0.717) is 39.8 Å². The van der Waals surface area contributed by atoms with Gasteiger partial charge in [-0.15, -0.1) is 11.3 Å². The minimum Gasteiger partial charge on any atom is -0.493 e. The molecule has 0 unspecified atom stereocenters. The van der Waals surface area contributed by atoms with Crippen molar-refractivity contribution < 1.29 is 19.1 Å². The van der Waals surface area contributed by atoms with Gasteiger partial charge in [-0.3, -0.25) is 14.9 Å². The second-order valence-corrected chi connectivity index (χ2v) is 11.6. The van der Waals surface area contributed by atoms with Crippen LogP contribution in [0.15, 0.2) is 72.4 Å². The van der Waals surface area contributed by atoms with Crippen LogP contribution in [-0.4, -0.2) is 63.9 Å². The Balaban J connectivity index is 1.01. The van der Waals surface area contributed by atoms with Gasteiger partial charge in [-0.25, -0.2) is 19.9 Å². The third kappa shape index (κ3) is 5.55. The van der Waals surface area contributed by atoms with Crippen molar-refractivity contribution >= 4 is 56.7 Å². The number of piperidine rings is 1.